The Kier molecular flexibility index (Phi) is 6.55. The Hall–Kier alpha value is -2.02. The number of carbonyl (C=O) groups is 1. The highest BCUT2D eigenvalue weighted by atomic mass is 32.2. The average Bonchev–Trinajstić information content (AvgIpc) is 3.08. The molecule has 1 amide bonds. The number of nitrogens with zero attached hydrogens (tertiary/aromatic N) is 4. The molecule has 1 aromatic heterocycles. The summed E-state index contributed by atoms with van der Waals surface area (Å²) in [7, 11) is 1.85. The lowest BCUT2D eigenvalue weighted by atomic mass is 10.1. The molecule has 0 bridgehead atoms. The van der Waals surface area contributed by atoms with Gasteiger partial charge in [0, 0.05) is 39.3 Å². The van der Waals surface area contributed by atoms with Crippen molar-refractivity contribution < 1.29 is 9.32 Å². The van der Waals surface area contributed by atoms with Crippen molar-refractivity contribution in [3.8, 4) is 0 Å². The predicted molar refractivity (Wildman–Crippen MR) is 104 cm³/mol. The zero-order valence-electron chi connectivity index (χ0n) is 15.5. The molecule has 7 heteroatoms. The van der Waals surface area contributed by atoms with E-state index in [2.05, 4.69) is 39.3 Å². The predicted octanol–water partition coefficient (Wildman–Crippen LogP) is 3.26. The van der Waals surface area contributed by atoms with Crippen LogP contribution in [0.3, 0.4) is 0 Å². The highest BCUT2D eigenvalue weighted by molar-refractivity contribution is 7.99. The molecule has 0 spiro atoms. The van der Waals surface area contributed by atoms with Gasteiger partial charge in [-0.2, -0.15) is 4.98 Å². The van der Waals surface area contributed by atoms with Crippen LogP contribution in [0.5, 0.6) is 0 Å². The van der Waals surface area contributed by atoms with Crippen molar-refractivity contribution in [1.82, 2.24) is 15.0 Å². The molecule has 0 unspecified atom stereocenters. The first-order valence-corrected chi connectivity index (χ1v) is 10.2. The van der Waals surface area contributed by atoms with Crippen molar-refractivity contribution in [2.75, 3.05) is 30.8 Å². The molecule has 0 saturated carbocycles. The normalized spacial score (nSPS) is 14.5. The Balaban J connectivity index is 1.44. The summed E-state index contributed by atoms with van der Waals surface area (Å²) in [6.45, 7) is 4.68. The van der Waals surface area contributed by atoms with E-state index in [1.54, 1.807) is 11.8 Å². The minimum atomic E-state index is 0.107. The zero-order valence-corrected chi connectivity index (χ0v) is 16.3. The van der Waals surface area contributed by atoms with E-state index in [9.17, 15) is 4.79 Å². The average molecular weight is 375 g/mol. The van der Waals surface area contributed by atoms with Crippen molar-refractivity contribution in [3.63, 3.8) is 0 Å². The highest BCUT2D eigenvalue weighted by Crippen LogP contribution is 2.20. The second kappa shape index (κ2) is 9.07. The number of piperidine rings is 1. The number of carbonyl (C=O) groups excluding carboxylic acids is 1. The van der Waals surface area contributed by atoms with Gasteiger partial charge in [0.25, 0.3) is 0 Å². The molecule has 1 aliphatic rings. The molecule has 1 aromatic carbocycles. The molecule has 0 aliphatic carbocycles. The fourth-order valence-corrected chi connectivity index (χ4v) is 3.86. The fraction of sp³-hybridized carbons (Fsp3) is 0.526. The van der Waals surface area contributed by atoms with Crippen LogP contribution < -0.4 is 4.90 Å². The lowest BCUT2D eigenvalue weighted by Gasteiger charge is -2.29. The molecule has 1 aliphatic heterocycles. The van der Waals surface area contributed by atoms with Gasteiger partial charge in [-0.15, -0.1) is 11.8 Å². The molecule has 0 atom stereocenters. The van der Waals surface area contributed by atoms with Crippen LogP contribution in [0.15, 0.2) is 28.8 Å². The third kappa shape index (κ3) is 5.24. The number of aryl methyl sites for hydroxylation is 1. The van der Waals surface area contributed by atoms with Crippen molar-refractivity contribution in [3.05, 3.63) is 41.5 Å². The molecule has 6 nitrogen and oxygen atoms in total. The number of aromatic nitrogens is 2. The highest BCUT2D eigenvalue weighted by Gasteiger charge is 2.13. The third-order valence-electron chi connectivity index (χ3n) is 4.53. The minimum absolute atomic E-state index is 0.107. The fourth-order valence-electron chi connectivity index (χ4n) is 3.07. The van der Waals surface area contributed by atoms with E-state index in [0.717, 1.165) is 18.7 Å². The number of hydrogen-bond acceptors (Lipinski definition) is 6. The first kappa shape index (κ1) is 18.8. The topological polar surface area (TPSA) is 62.5 Å². The second-order valence-corrected chi connectivity index (χ2v) is 7.67. The lowest BCUT2D eigenvalue weighted by Crippen LogP contribution is -2.29. The van der Waals surface area contributed by atoms with Crippen LogP contribution in [0.4, 0.5) is 5.69 Å². The molecule has 140 valence electrons. The van der Waals surface area contributed by atoms with E-state index in [1.165, 1.54) is 36.7 Å². The van der Waals surface area contributed by atoms with Crippen LogP contribution in [-0.4, -0.2) is 46.8 Å². The van der Waals surface area contributed by atoms with Crippen LogP contribution in [0.1, 0.15) is 36.5 Å². The monoisotopic (exact) mass is 374 g/mol. The summed E-state index contributed by atoms with van der Waals surface area (Å²) >= 11 is 1.51. The standard InChI is InChI=1S/C19H26N4O2S/c1-15-20-18(21-25-15)13-26-14-19(24)22(2)12-16-6-8-17(9-7-16)23-10-4-3-5-11-23/h6-9H,3-5,10-14H2,1-2H3. The van der Waals surface area contributed by atoms with Gasteiger partial charge in [0.1, 0.15) is 0 Å². The van der Waals surface area contributed by atoms with E-state index >= 15 is 0 Å². The smallest absolute Gasteiger partial charge is 0.232 e. The first-order valence-electron chi connectivity index (χ1n) is 9.06. The molecular weight excluding hydrogens is 348 g/mol. The largest absolute Gasteiger partial charge is 0.372 e. The lowest BCUT2D eigenvalue weighted by molar-refractivity contribution is -0.127. The number of hydrogen-bond donors (Lipinski definition) is 0. The molecule has 0 radical (unpaired) electrons. The molecule has 3 rings (SSSR count). The van der Waals surface area contributed by atoms with E-state index in [1.807, 2.05) is 7.05 Å². The summed E-state index contributed by atoms with van der Waals surface area (Å²) in [5.41, 5.74) is 2.44. The zero-order chi connectivity index (χ0) is 18.4. The number of benzene rings is 1. The maximum atomic E-state index is 12.3. The number of thioether (sulfide) groups is 1. The third-order valence-corrected chi connectivity index (χ3v) is 5.44. The van der Waals surface area contributed by atoms with E-state index in [0.29, 0.717) is 29.8 Å². The van der Waals surface area contributed by atoms with Crippen molar-refractivity contribution >= 4 is 23.4 Å². The molecule has 2 aromatic rings. The van der Waals surface area contributed by atoms with Gasteiger partial charge in [0.2, 0.25) is 11.8 Å². The molecule has 26 heavy (non-hydrogen) atoms. The summed E-state index contributed by atoms with van der Waals surface area (Å²) in [6, 6.07) is 8.60. The summed E-state index contributed by atoms with van der Waals surface area (Å²) in [6.07, 6.45) is 3.89. The minimum Gasteiger partial charge on any atom is -0.372 e. The van der Waals surface area contributed by atoms with Gasteiger partial charge in [0.05, 0.1) is 11.5 Å². The van der Waals surface area contributed by atoms with Gasteiger partial charge in [-0.3, -0.25) is 4.79 Å². The summed E-state index contributed by atoms with van der Waals surface area (Å²) in [4.78, 5) is 20.6. The summed E-state index contributed by atoms with van der Waals surface area (Å²) < 4.78 is 4.93. The van der Waals surface area contributed by atoms with Crippen molar-refractivity contribution in [1.29, 1.82) is 0 Å². The Labute approximate surface area is 158 Å². The van der Waals surface area contributed by atoms with Crippen LogP contribution in [0.25, 0.3) is 0 Å². The van der Waals surface area contributed by atoms with E-state index in [4.69, 9.17) is 4.52 Å². The second-order valence-electron chi connectivity index (χ2n) is 6.69. The van der Waals surface area contributed by atoms with Gasteiger partial charge >= 0.3 is 0 Å². The number of rotatable bonds is 7. The number of anilines is 1. The summed E-state index contributed by atoms with van der Waals surface area (Å²) in [5.74, 6) is 2.29. The van der Waals surface area contributed by atoms with Crippen molar-refractivity contribution in [2.45, 2.75) is 38.5 Å². The quantitative estimate of drug-likeness (QED) is 0.741. The molecular formula is C19H26N4O2S. The Morgan fingerprint density at radius 1 is 1.23 bits per heavy atom. The SMILES string of the molecule is Cc1nc(CSCC(=O)N(C)Cc2ccc(N3CCCCC3)cc2)no1. The Morgan fingerprint density at radius 3 is 2.62 bits per heavy atom. The molecule has 1 saturated heterocycles. The van der Waals surface area contributed by atoms with E-state index in [-0.39, 0.29) is 5.91 Å². The van der Waals surface area contributed by atoms with Gasteiger partial charge in [-0.25, -0.2) is 0 Å². The van der Waals surface area contributed by atoms with E-state index < -0.39 is 0 Å². The van der Waals surface area contributed by atoms with Crippen LogP contribution in [-0.2, 0) is 17.1 Å². The Bertz CT molecular complexity index is 711. The molecule has 1 fully saturated rings. The Morgan fingerprint density at radius 2 is 1.96 bits per heavy atom. The van der Waals surface area contributed by atoms with Crippen molar-refractivity contribution in [2.24, 2.45) is 0 Å². The first-order chi connectivity index (χ1) is 12.6. The maximum Gasteiger partial charge on any atom is 0.232 e. The summed E-state index contributed by atoms with van der Waals surface area (Å²) in [5, 5.41) is 3.84. The number of amides is 1. The molecule has 0 N–H and O–H groups in total. The van der Waals surface area contributed by atoms with Gasteiger partial charge in [-0.1, -0.05) is 17.3 Å². The van der Waals surface area contributed by atoms with Gasteiger partial charge in [0.15, 0.2) is 5.82 Å². The maximum absolute atomic E-state index is 12.3. The molecule has 2 heterocycles. The van der Waals surface area contributed by atoms with Crippen LogP contribution >= 0.6 is 11.8 Å². The van der Waals surface area contributed by atoms with Gasteiger partial charge < -0.3 is 14.3 Å². The van der Waals surface area contributed by atoms with Gasteiger partial charge in [-0.05, 0) is 37.0 Å². The van der Waals surface area contributed by atoms with Crippen LogP contribution in [0, 0.1) is 6.92 Å². The van der Waals surface area contributed by atoms with Crippen LogP contribution in [0.2, 0.25) is 0 Å².